The van der Waals surface area contributed by atoms with Crippen molar-refractivity contribution in [1.29, 1.82) is 0 Å². The lowest BCUT2D eigenvalue weighted by atomic mass is 9.72. The van der Waals surface area contributed by atoms with Crippen LogP contribution in [-0.2, 0) is 4.79 Å². The molecule has 2 fully saturated rings. The smallest absolute Gasteiger partial charge is 0.238 e. The fourth-order valence-electron chi connectivity index (χ4n) is 3.76. The van der Waals surface area contributed by atoms with Gasteiger partial charge in [-0.15, -0.1) is 6.42 Å². The quantitative estimate of drug-likeness (QED) is 0.841. The van der Waals surface area contributed by atoms with Crippen LogP contribution >= 0.6 is 0 Å². The molecule has 0 unspecified atom stereocenters. The first-order chi connectivity index (χ1) is 10.6. The van der Waals surface area contributed by atoms with Crippen molar-refractivity contribution in [3.05, 3.63) is 35.4 Å². The molecule has 2 heteroatoms. The fourth-order valence-corrected chi connectivity index (χ4v) is 3.76. The molecule has 1 amide bonds. The third-order valence-electron chi connectivity index (χ3n) is 5.44. The summed E-state index contributed by atoms with van der Waals surface area (Å²) < 4.78 is 0. The van der Waals surface area contributed by atoms with Gasteiger partial charge in [0.25, 0.3) is 0 Å². The van der Waals surface area contributed by atoms with Crippen molar-refractivity contribution in [3.8, 4) is 12.3 Å². The zero-order valence-electron chi connectivity index (χ0n) is 13.4. The average Bonchev–Trinajstić information content (AvgIpc) is 2.52. The molecule has 0 heterocycles. The highest BCUT2D eigenvalue weighted by molar-refractivity contribution is 5.86. The number of carbonyl (C=O) groups is 1. The number of amides is 1. The Morgan fingerprint density at radius 2 is 1.82 bits per heavy atom. The van der Waals surface area contributed by atoms with Gasteiger partial charge in [0.1, 0.15) is 5.41 Å². The summed E-state index contributed by atoms with van der Waals surface area (Å²) in [4.78, 5) is 12.6. The Labute approximate surface area is 133 Å². The van der Waals surface area contributed by atoms with Crippen LogP contribution in [0.3, 0.4) is 0 Å². The maximum absolute atomic E-state index is 12.6. The van der Waals surface area contributed by atoms with E-state index in [-0.39, 0.29) is 5.91 Å². The molecule has 0 bridgehead atoms. The first-order valence-electron chi connectivity index (χ1n) is 8.48. The summed E-state index contributed by atoms with van der Waals surface area (Å²) in [6.45, 7) is 2.11. The molecule has 3 rings (SSSR count). The zero-order valence-corrected chi connectivity index (χ0v) is 13.4. The minimum atomic E-state index is -0.535. The number of benzene rings is 1. The van der Waals surface area contributed by atoms with Gasteiger partial charge >= 0.3 is 0 Å². The molecule has 2 saturated carbocycles. The Morgan fingerprint density at radius 1 is 1.18 bits per heavy atom. The highest BCUT2D eigenvalue weighted by Crippen LogP contribution is 2.39. The lowest BCUT2D eigenvalue weighted by Crippen LogP contribution is -2.50. The predicted octanol–water partition coefficient (Wildman–Crippen LogP) is 3.94. The third kappa shape index (κ3) is 2.90. The van der Waals surface area contributed by atoms with Gasteiger partial charge in [-0.05, 0) is 44.1 Å². The second kappa shape index (κ2) is 6.16. The maximum atomic E-state index is 12.6. The van der Waals surface area contributed by atoms with E-state index in [2.05, 4.69) is 42.4 Å². The van der Waals surface area contributed by atoms with Crippen LogP contribution in [0.4, 0.5) is 0 Å². The van der Waals surface area contributed by atoms with Crippen molar-refractivity contribution < 1.29 is 4.79 Å². The monoisotopic (exact) mass is 295 g/mol. The number of hydrogen-bond donors (Lipinski definition) is 1. The van der Waals surface area contributed by atoms with E-state index in [4.69, 9.17) is 6.42 Å². The van der Waals surface area contributed by atoms with Gasteiger partial charge in [0.05, 0.1) is 0 Å². The minimum absolute atomic E-state index is 0.0991. The van der Waals surface area contributed by atoms with E-state index in [0.29, 0.717) is 12.0 Å². The molecule has 0 atom stereocenters. The Balaban J connectivity index is 1.54. The summed E-state index contributed by atoms with van der Waals surface area (Å²) in [6.07, 6.45) is 12.8. The van der Waals surface area contributed by atoms with Crippen LogP contribution in [0.2, 0.25) is 0 Å². The van der Waals surface area contributed by atoms with Crippen molar-refractivity contribution in [3.63, 3.8) is 0 Å². The highest BCUT2D eigenvalue weighted by Gasteiger charge is 2.40. The average molecular weight is 295 g/mol. The van der Waals surface area contributed by atoms with E-state index >= 15 is 0 Å². The summed E-state index contributed by atoms with van der Waals surface area (Å²) in [5, 5.41) is 3.21. The molecule has 2 aliphatic carbocycles. The molecule has 1 aromatic rings. The lowest BCUT2D eigenvalue weighted by molar-refractivity contribution is -0.130. The molecular weight excluding hydrogens is 270 g/mol. The number of aryl methyl sites for hydroxylation is 1. The number of rotatable bonds is 3. The largest absolute Gasteiger partial charge is 0.352 e. The van der Waals surface area contributed by atoms with Gasteiger partial charge in [-0.2, -0.15) is 0 Å². The number of nitrogens with one attached hydrogen (secondary N) is 1. The van der Waals surface area contributed by atoms with Gasteiger partial charge < -0.3 is 5.32 Å². The number of hydrogen-bond acceptors (Lipinski definition) is 1. The van der Waals surface area contributed by atoms with Crippen molar-refractivity contribution in [1.82, 2.24) is 5.32 Å². The van der Waals surface area contributed by atoms with Crippen molar-refractivity contribution in [2.45, 2.75) is 63.8 Å². The van der Waals surface area contributed by atoms with Gasteiger partial charge in [0.2, 0.25) is 5.91 Å². The zero-order chi connectivity index (χ0) is 15.6. The summed E-state index contributed by atoms with van der Waals surface area (Å²) in [7, 11) is 0. The van der Waals surface area contributed by atoms with E-state index < -0.39 is 5.41 Å². The molecule has 2 aliphatic rings. The standard InChI is InChI=1S/C20H25NO/c1-3-20(11-5-4-6-12-20)19(22)21-18-13-17(14-18)16-9-7-15(2)8-10-16/h1,7-10,17-18H,4-6,11-14H2,2H3,(H,21,22). The molecule has 116 valence electrons. The summed E-state index contributed by atoms with van der Waals surface area (Å²) >= 11 is 0. The first kappa shape index (κ1) is 15.2. The number of carbonyl (C=O) groups excluding carboxylic acids is 1. The van der Waals surface area contributed by atoms with Crippen LogP contribution in [0.5, 0.6) is 0 Å². The van der Waals surface area contributed by atoms with Gasteiger partial charge in [0, 0.05) is 6.04 Å². The summed E-state index contributed by atoms with van der Waals surface area (Å²) in [6, 6.07) is 9.04. The van der Waals surface area contributed by atoms with Crippen LogP contribution in [0.15, 0.2) is 24.3 Å². The van der Waals surface area contributed by atoms with Crippen LogP contribution in [0.1, 0.15) is 62.0 Å². The van der Waals surface area contributed by atoms with E-state index in [1.54, 1.807) is 0 Å². The van der Waals surface area contributed by atoms with Crippen LogP contribution in [0.25, 0.3) is 0 Å². The SMILES string of the molecule is C#CC1(C(=O)NC2CC(c3ccc(C)cc3)C2)CCCCC1. The maximum Gasteiger partial charge on any atom is 0.238 e. The Hall–Kier alpha value is -1.75. The van der Waals surface area contributed by atoms with Crippen LogP contribution in [-0.4, -0.2) is 11.9 Å². The number of terminal acetylenes is 1. The normalized spacial score (nSPS) is 26.5. The van der Waals surface area contributed by atoms with Crippen molar-refractivity contribution in [2.24, 2.45) is 5.41 Å². The Bertz CT molecular complexity index is 569. The van der Waals surface area contributed by atoms with E-state index in [9.17, 15) is 4.79 Å². The van der Waals surface area contributed by atoms with Crippen LogP contribution < -0.4 is 5.32 Å². The molecule has 1 aromatic carbocycles. The molecule has 22 heavy (non-hydrogen) atoms. The van der Waals surface area contributed by atoms with Crippen molar-refractivity contribution >= 4 is 5.91 Å². The summed E-state index contributed by atoms with van der Waals surface area (Å²) in [5.41, 5.74) is 2.15. The molecule has 0 aliphatic heterocycles. The van der Waals surface area contributed by atoms with Crippen molar-refractivity contribution in [2.75, 3.05) is 0 Å². The molecule has 2 nitrogen and oxygen atoms in total. The second-order valence-corrected chi connectivity index (χ2v) is 7.04. The second-order valence-electron chi connectivity index (χ2n) is 7.04. The topological polar surface area (TPSA) is 29.1 Å². The molecule has 0 radical (unpaired) electrons. The van der Waals surface area contributed by atoms with E-state index in [1.807, 2.05) is 0 Å². The van der Waals surface area contributed by atoms with Gasteiger partial charge in [-0.3, -0.25) is 4.79 Å². The Kier molecular flexibility index (Phi) is 4.25. The van der Waals surface area contributed by atoms with E-state index in [1.165, 1.54) is 17.5 Å². The first-order valence-corrected chi connectivity index (χ1v) is 8.48. The van der Waals surface area contributed by atoms with Crippen LogP contribution in [0, 0.1) is 24.7 Å². The Morgan fingerprint density at radius 3 is 2.41 bits per heavy atom. The predicted molar refractivity (Wildman–Crippen MR) is 89.4 cm³/mol. The molecule has 0 saturated heterocycles. The fraction of sp³-hybridized carbons (Fsp3) is 0.550. The summed E-state index contributed by atoms with van der Waals surface area (Å²) in [5.74, 6) is 3.49. The molecule has 1 N–H and O–H groups in total. The lowest BCUT2D eigenvalue weighted by Gasteiger charge is -2.39. The van der Waals surface area contributed by atoms with Gasteiger partial charge in [0.15, 0.2) is 0 Å². The van der Waals surface area contributed by atoms with Gasteiger partial charge in [-0.25, -0.2) is 0 Å². The highest BCUT2D eigenvalue weighted by atomic mass is 16.2. The minimum Gasteiger partial charge on any atom is -0.352 e. The van der Waals surface area contributed by atoms with Gasteiger partial charge in [-0.1, -0.05) is 55.0 Å². The third-order valence-corrected chi connectivity index (χ3v) is 5.44. The molecule has 0 spiro atoms. The molecular formula is C20H25NO. The van der Waals surface area contributed by atoms with E-state index in [0.717, 1.165) is 38.5 Å². The molecule has 0 aromatic heterocycles.